The third kappa shape index (κ3) is 3.77. The SMILES string of the molecule is CCN(CC)CCN=C(N)C1CC1. The van der Waals surface area contributed by atoms with Gasteiger partial charge in [-0.1, -0.05) is 13.8 Å². The van der Waals surface area contributed by atoms with E-state index < -0.39 is 0 Å². The van der Waals surface area contributed by atoms with Crippen molar-refractivity contribution in [1.29, 1.82) is 0 Å². The summed E-state index contributed by atoms with van der Waals surface area (Å²) in [4.78, 5) is 6.74. The molecule has 0 aliphatic heterocycles. The van der Waals surface area contributed by atoms with Gasteiger partial charge in [0.2, 0.25) is 0 Å². The average Bonchev–Trinajstić information content (AvgIpc) is 2.95. The first-order valence-corrected chi connectivity index (χ1v) is 5.30. The maximum atomic E-state index is 5.78. The largest absolute Gasteiger partial charge is 0.387 e. The molecule has 0 aromatic rings. The van der Waals surface area contributed by atoms with E-state index >= 15 is 0 Å². The van der Waals surface area contributed by atoms with Gasteiger partial charge in [0, 0.05) is 12.5 Å². The first kappa shape index (κ1) is 10.5. The van der Waals surface area contributed by atoms with Crippen molar-refractivity contribution in [1.82, 2.24) is 4.90 Å². The molecule has 0 bridgehead atoms. The van der Waals surface area contributed by atoms with Gasteiger partial charge in [0.25, 0.3) is 0 Å². The molecule has 1 saturated carbocycles. The lowest BCUT2D eigenvalue weighted by Crippen LogP contribution is -2.26. The van der Waals surface area contributed by atoms with Gasteiger partial charge in [0.05, 0.1) is 12.4 Å². The summed E-state index contributed by atoms with van der Waals surface area (Å²) in [5.74, 6) is 1.50. The highest BCUT2D eigenvalue weighted by Crippen LogP contribution is 2.28. The van der Waals surface area contributed by atoms with Crippen molar-refractivity contribution in [3.8, 4) is 0 Å². The molecule has 1 fully saturated rings. The summed E-state index contributed by atoms with van der Waals surface area (Å²) in [6.45, 7) is 8.48. The Labute approximate surface area is 81.0 Å². The predicted octanol–water partition coefficient (Wildman–Crippen LogP) is 1.10. The molecule has 76 valence electrons. The molecular formula is C10H21N3. The quantitative estimate of drug-likeness (QED) is 0.495. The number of nitrogens with two attached hydrogens (primary N) is 1. The fourth-order valence-corrected chi connectivity index (χ4v) is 1.37. The van der Waals surface area contributed by atoms with Gasteiger partial charge in [0.15, 0.2) is 0 Å². The smallest absolute Gasteiger partial charge is 0.0968 e. The van der Waals surface area contributed by atoms with E-state index in [-0.39, 0.29) is 0 Å². The lowest BCUT2D eigenvalue weighted by molar-refractivity contribution is 0.313. The average molecular weight is 183 g/mol. The molecule has 0 aromatic heterocycles. The van der Waals surface area contributed by atoms with Crippen LogP contribution >= 0.6 is 0 Å². The van der Waals surface area contributed by atoms with Crippen molar-refractivity contribution >= 4 is 5.84 Å². The van der Waals surface area contributed by atoms with E-state index in [1.807, 2.05) is 0 Å². The molecule has 0 unspecified atom stereocenters. The fraction of sp³-hybridized carbons (Fsp3) is 0.900. The van der Waals surface area contributed by atoms with Crippen LogP contribution in [-0.4, -0.2) is 36.9 Å². The van der Waals surface area contributed by atoms with Crippen LogP contribution in [-0.2, 0) is 0 Å². The molecule has 0 saturated heterocycles. The molecule has 0 atom stereocenters. The van der Waals surface area contributed by atoms with Gasteiger partial charge in [-0.25, -0.2) is 0 Å². The van der Waals surface area contributed by atoms with Crippen LogP contribution in [0.3, 0.4) is 0 Å². The van der Waals surface area contributed by atoms with Crippen molar-refractivity contribution in [2.45, 2.75) is 26.7 Å². The van der Waals surface area contributed by atoms with Crippen LogP contribution in [0, 0.1) is 5.92 Å². The van der Waals surface area contributed by atoms with E-state index in [0.29, 0.717) is 5.92 Å². The first-order chi connectivity index (χ1) is 6.27. The van der Waals surface area contributed by atoms with Gasteiger partial charge in [-0.3, -0.25) is 4.99 Å². The van der Waals surface area contributed by atoms with Crippen molar-refractivity contribution in [2.75, 3.05) is 26.2 Å². The summed E-state index contributed by atoms with van der Waals surface area (Å²) < 4.78 is 0. The Balaban J connectivity index is 2.13. The maximum Gasteiger partial charge on any atom is 0.0968 e. The molecule has 0 aromatic carbocycles. The Hall–Kier alpha value is -0.570. The maximum absolute atomic E-state index is 5.78. The third-order valence-electron chi connectivity index (χ3n) is 2.60. The van der Waals surface area contributed by atoms with Crippen LogP contribution in [0.1, 0.15) is 26.7 Å². The number of hydrogen-bond donors (Lipinski definition) is 1. The number of likely N-dealkylation sites (N-methyl/N-ethyl adjacent to an activating group) is 1. The van der Waals surface area contributed by atoms with Crippen LogP contribution < -0.4 is 5.73 Å². The zero-order valence-electron chi connectivity index (χ0n) is 8.79. The molecule has 3 heteroatoms. The highest BCUT2D eigenvalue weighted by Gasteiger charge is 2.24. The van der Waals surface area contributed by atoms with Gasteiger partial charge in [-0.15, -0.1) is 0 Å². The highest BCUT2D eigenvalue weighted by atomic mass is 15.1. The summed E-state index contributed by atoms with van der Waals surface area (Å²) in [5.41, 5.74) is 5.78. The first-order valence-electron chi connectivity index (χ1n) is 5.30. The molecule has 0 radical (unpaired) electrons. The van der Waals surface area contributed by atoms with Crippen molar-refractivity contribution in [3.05, 3.63) is 0 Å². The van der Waals surface area contributed by atoms with E-state index in [1.165, 1.54) is 12.8 Å². The molecule has 13 heavy (non-hydrogen) atoms. The number of rotatable bonds is 6. The standard InChI is InChI=1S/C10H21N3/c1-3-13(4-2)8-7-12-10(11)9-5-6-9/h9H,3-8H2,1-2H3,(H2,11,12). The van der Waals surface area contributed by atoms with E-state index in [9.17, 15) is 0 Å². The highest BCUT2D eigenvalue weighted by molar-refractivity contribution is 5.84. The Morgan fingerprint density at radius 1 is 1.38 bits per heavy atom. The molecule has 1 aliphatic rings. The van der Waals surface area contributed by atoms with Crippen molar-refractivity contribution < 1.29 is 0 Å². The summed E-state index contributed by atoms with van der Waals surface area (Å²) in [5, 5.41) is 0. The zero-order valence-corrected chi connectivity index (χ0v) is 8.79. The summed E-state index contributed by atoms with van der Waals surface area (Å²) in [6, 6.07) is 0. The predicted molar refractivity (Wildman–Crippen MR) is 57.0 cm³/mol. The summed E-state index contributed by atoms with van der Waals surface area (Å²) >= 11 is 0. The normalized spacial score (nSPS) is 18.2. The molecule has 2 N–H and O–H groups in total. The van der Waals surface area contributed by atoms with Gasteiger partial charge in [0.1, 0.15) is 0 Å². The van der Waals surface area contributed by atoms with Gasteiger partial charge in [-0.05, 0) is 25.9 Å². The second-order valence-corrected chi connectivity index (χ2v) is 3.61. The number of nitrogens with zero attached hydrogens (tertiary/aromatic N) is 2. The zero-order chi connectivity index (χ0) is 9.68. The van der Waals surface area contributed by atoms with Crippen LogP contribution in [0.15, 0.2) is 4.99 Å². The van der Waals surface area contributed by atoms with Gasteiger partial charge >= 0.3 is 0 Å². The molecule has 3 nitrogen and oxygen atoms in total. The van der Waals surface area contributed by atoms with Crippen LogP contribution in [0.5, 0.6) is 0 Å². The molecule has 1 rings (SSSR count). The van der Waals surface area contributed by atoms with E-state index in [1.54, 1.807) is 0 Å². The van der Waals surface area contributed by atoms with E-state index in [0.717, 1.165) is 32.0 Å². The second-order valence-electron chi connectivity index (χ2n) is 3.61. The molecule has 0 spiro atoms. The lowest BCUT2D eigenvalue weighted by Gasteiger charge is -2.16. The molecular weight excluding hydrogens is 162 g/mol. The fourth-order valence-electron chi connectivity index (χ4n) is 1.37. The van der Waals surface area contributed by atoms with Crippen molar-refractivity contribution in [2.24, 2.45) is 16.6 Å². The second kappa shape index (κ2) is 5.22. The Morgan fingerprint density at radius 2 is 2.00 bits per heavy atom. The monoisotopic (exact) mass is 183 g/mol. The van der Waals surface area contributed by atoms with E-state index in [2.05, 4.69) is 23.7 Å². The molecule has 1 aliphatic carbocycles. The van der Waals surface area contributed by atoms with Gasteiger partial charge in [-0.2, -0.15) is 0 Å². The summed E-state index contributed by atoms with van der Waals surface area (Å²) in [6.07, 6.45) is 2.50. The minimum atomic E-state index is 0.622. The Morgan fingerprint density at radius 3 is 2.46 bits per heavy atom. The molecule has 0 amide bonds. The minimum absolute atomic E-state index is 0.622. The van der Waals surface area contributed by atoms with Crippen LogP contribution in [0.25, 0.3) is 0 Å². The number of hydrogen-bond acceptors (Lipinski definition) is 2. The minimum Gasteiger partial charge on any atom is -0.387 e. The topological polar surface area (TPSA) is 41.6 Å². The third-order valence-corrected chi connectivity index (χ3v) is 2.60. The Bertz CT molecular complexity index is 169. The van der Waals surface area contributed by atoms with Crippen LogP contribution in [0.2, 0.25) is 0 Å². The molecule has 0 heterocycles. The number of amidine groups is 1. The summed E-state index contributed by atoms with van der Waals surface area (Å²) in [7, 11) is 0. The van der Waals surface area contributed by atoms with Crippen LogP contribution in [0.4, 0.5) is 0 Å². The van der Waals surface area contributed by atoms with Gasteiger partial charge < -0.3 is 10.6 Å². The Kier molecular flexibility index (Phi) is 4.22. The number of aliphatic imine (C=N–C) groups is 1. The van der Waals surface area contributed by atoms with E-state index in [4.69, 9.17) is 5.73 Å². The van der Waals surface area contributed by atoms with Crippen molar-refractivity contribution in [3.63, 3.8) is 0 Å². The lowest BCUT2D eigenvalue weighted by atomic mass is 10.4.